The van der Waals surface area contributed by atoms with Gasteiger partial charge in [-0.25, -0.2) is 4.79 Å². The first-order chi connectivity index (χ1) is 11.6. The van der Waals surface area contributed by atoms with Crippen LogP contribution in [-0.4, -0.2) is 30.2 Å². The summed E-state index contributed by atoms with van der Waals surface area (Å²) < 4.78 is 5.40. The maximum atomic E-state index is 12.3. The zero-order valence-electron chi connectivity index (χ0n) is 13.4. The van der Waals surface area contributed by atoms with E-state index in [9.17, 15) is 9.59 Å². The minimum atomic E-state index is -0.660. The van der Waals surface area contributed by atoms with Gasteiger partial charge in [0.25, 0.3) is 0 Å². The van der Waals surface area contributed by atoms with Crippen molar-refractivity contribution in [2.24, 2.45) is 16.8 Å². The fraction of sp³-hybridized carbons (Fsp3) is 0.389. The van der Waals surface area contributed by atoms with Gasteiger partial charge in [0.15, 0.2) is 0 Å². The lowest BCUT2D eigenvalue weighted by Crippen LogP contribution is -2.39. The van der Waals surface area contributed by atoms with Gasteiger partial charge in [0.2, 0.25) is 5.91 Å². The summed E-state index contributed by atoms with van der Waals surface area (Å²) in [4.78, 5) is 24.0. The molecule has 0 radical (unpaired) electrons. The van der Waals surface area contributed by atoms with Crippen molar-refractivity contribution in [1.29, 1.82) is 0 Å². The molecule has 6 nitrogen and oxygen atoms in total. The van der Waals surface area contributed by atoms with E-state index in [-0.39, 0.29) is 12.1 Å². The molecule has 0 bridgehead atoms. The number of hydrogen-bond acceptors (Lipinski definition) is 5. The van der Waals surface area contributed by atoms with Gasteiger partial charge in [0, 0.05) is 6.42 Å². The summed E-state index contributed by atoms with van der Waals surface area (Å²) in [5.74, 6) is -0.616. The standard InChI is InChI=1S/C18H21N3O3/c19-17(22)16-11-15(20-21(16)14-9-5-2-6-10-14)18(23)24-12-13-7-3-1-4-8-13/h1-3,5-6,9-10,13,16H,4,7-8,11-12H2,(H2,19,22). The van der Waals surface area contributed by atoms with Gasteiger partial charge in [-0.3, -0.25) is 9.80 Å². The van der Waals surface area contributed by atoms with E-state index >= 15 is 0 Å². The summed E-state index contributed by atoms with van der Waals surface area (Å²) in [6.07, 6.45) is 7.42. The van der Waals surface area contributed by atoms with E-state index in [0.717, 1.165) is 24.9 Å². The van der Waals surface area contributed by atoms with Crippen molar-refractivity contribution in [2.45, 2.75) is 31.7 Å². The number of rotatable bonds is 5. The average Bonchev–Trinajstić information content (AvgIpc) is 3.07. The van der Waals surface area contributed by atoms with E-state index in [0.29, 0.717) is 12.5 Å². The van der Waals surface area contributed by atoms with Crippen LogP contribution in [-0.2, 0) is 14.3 Å². The van der Waals surface area contributed by atoms with E-state index in [1.165, 1.54) is 5.01 Å². The number of para-hydroxylation sites is 1. The van der Waals surface area contributed by atoms with Crippen LogP contribution in [0.15, 0.2) is 47.6 Å². The second kappa shape index (κ2) is 7.29. The van der Waals surface area contributed by atoms with E-state index in [4.69, 9.17) is 10.5 Å². The lowest BCUT2D eigenvalue weighted by Gasteiger charge is -2.20. The molecular weight excluding hydrogens is 306 g/mol. The minimum absolute atomic E-state index is 0.174. The van der Waals surface area contributed by atoms with Gasteiger partial charge in [-0.05, 0) is 37.3 Å². The molecule has 1 aromatic carbocycles. The summed E-state index contributed by atoms with van der Waals surface area (Å²) in [5, 5.41) is 5.79. The fourth-order valence-electron chi connectivity index (χ4n) is 2.96. The maximum Gasteiger partial charge on any atom is 0.354 e. The Morgan fingerprint density at radius 1 is 1.25 bits per heavy atom. The third kappa shape index (κ3) is 3.64. The monoisotopic (exact) mass is 327 g/mol. The summed E-state index contributed by atoms with van der Waals surface area (Å²) in [7, 11) is 0. The average molecular weight is 327 g/mol. The van der Waals surface area contributed by atoms with Crippen molar-refractivity contribution in [2.75, 3.05) is 11.6 Å². The first-order valence-electron chi connectivity index (χ1n) is 8.18. The Bertz CT molecular complexity index is 669. The van der Waals surface area contributed by atoms with Crippen molar-refractivity contribution in [3.8, 4) is 0 Å². The number of anilines is 1. The van der Waals surface area contributed by atoms with E-state index in [1.807, 2.05) is 30.3 Å². The fourth-order valence-corrected chi connectivity index (χ4v) is 2.96. The molecule has 1 amide bonds. The van der Waals surface area contributed by atoms with E-state index in [2.05, 4.69) is 17.3 Å². The zero-order valence-corrected chi connectivity index (χ0v) is 13.4. The molecule has 2 unspecified atom stereocenters. The summed E-state index contributed by atoms with van der Waals surface area (Å²) in [5.41, 5.74) is 6.43. The minimum Gasteiger partial charge on any atom is -0.461 e. The predicted octanol–water partition coefficient (Wildman–Crippen LogP) is 2.01. The molecule has 24 heavy (non-hydrogen) atoms. The summed E-state index contributed by atoms with van der Waals surface area (Å²) >= 11 is 0. The van der Waals surface area contributed by atoms with Gasteiger partial charge >= 0.3 is 5.97 Å². The number of hydrazone groups is 1. The number of primary amides is 1. The molecule has 2 N–H and O–H groups in total. The highest BCUT2D eigenvalue weighted by Crippen LogP contribution is 2.25. The highest BCUT2D eigenvalue weighted by atomic mass is 16.5. The molecule has 0 aromatic heterocycles. The SMILES string of the molecule is NC(=O)C1CC(C(=O)OCC2CC=CCC2)=NN1c1ccccc1. The van der Waals surface area contributed by atoms with Crippen LogP contribution in [0.5, 0.6) is 0 Å². The summed E-state index contributed by atoms with van der Waals surface area (Å²) in [6, 6.07) is 8.54. The lowest BCUT2D eigenvalue weighted by molar-refractivity contribution is -0.137. The third-order valence-corrected chi connectivity index (χ3v) is 4.32. The highest BCUT2D eigenvalue weighted by Gasteiger charge is 2.35. The van der Waals surface area contributed by atoms with Crippen molar-refractivity contribution < 1.29 is 14.3 Å². The van der Waals surface area contributed by atoms with Crippen LogP contribution in [0.25, 0.3) is 0 Å². The first-order valence-corrected chi connectivity index (χ1v) is 8.18. The number of nitrogens with two attached hydrogens (primary N) is 1. The van der Waals surface area contributed by atoms with Gasteiger partial charge in [0.05, 0.1) is 12.3 Å². The quantitative estimate of drug-likeness (QED) is 0.662. The van der Waals surface area contributed by atoms with Gasteiger partial charge in [0.1, 0.15) is 11.8 Å². The second-order valence-corrected chi connectivity index (χ2v) is 6.10. The molecule has 2 atom stereocenters. The number of carbonyl (C=O) groups excluding carboxylic acids is 2. The van der Waals surface area contributed by atoms with Crippen LogP contribution in [0.2, 0.25) is 0 Å². The van der Waals surface area contributed by atoms with Gasteiger partial charge < -0.3 is 10.5 Å². The second-order valence-electron chi connectivity index (χ2n) is 6.10. The molecule has 6 heteroatoms. The Balaban J connectivity index is 1.67. The molecule has 0 saturated carbocycles. The topological polar surface area (TPSA) is 85.0 Å². The molecule has 126 valence electrons. The largest absolute Gasteiger partial charge is 0.461 e. The molecule has 1 aliphatic heterocycles. The van der Waals surface area contributed by atoms with Crippen LogP contribution in [0.3, 0.4) is 0 Å². The number of ether oxygens (including phenoxy) is 1. The number of benzene rings is 1. The molecule has 2 aliphatic rings. The number of carbonyl (C=O) groups is 2. The van der Waals surface area contributed by atoms with Crippen molar-refractivity contribution >= 4 is 23.3 Å². The zero-order chi connectivity index (χ0) is 16.9. The van der Waals surface area contributed by atoms with Crippen molar-refractivity contribution in [3.05, 3.63) is 42.5 Å². The highest BCUT2D eigenvalue weighted by molar-refractivity contribution is 6.38. The number of hydrogen-bond donors (Lipinski definition) is 1. The number of amides is 1. The number of esters is 1. The van der Waals surface area contributed by atoms with Crippen LogP contribution in [0, 0.1) is 5.92 Å². The van der Waals surface area contributed by atoms with Gasteiger partial charge in [-0.1, -0.05) is 30.4 Å². The van der Waals surface area contributed by atoms with Crippen LogP contribution < -0.4 is 10.7 Å². The van der Waals surface area contributed by atoms with Gasteiger partial charge in [-0.15, -0.1) is 0 Å². The molecule has 1 aromatic rings. The Kier molecular flexibility index (Phi) is 4.93. The van der Waals surface area contributed by atoms with Crippen LogP contribution in [0.1, 0.15) is 25.7 Å². The molecule has 1 aliphatic carbocycles. The van der Waals surface area contributed by atoms with Gasteiger partial charge in [-0.2, -0.15) is 5.10 Å². The predicted molar refractivity (Wildman–Crippen MR) is 91.4 cm³/mol. The summed E-state index contributed by atoms with van der Waals surface area (Å²) in [6.45, 7) is 0.384. The van der Waals surface area contributed by atoms with Crippen LogP contribution in [0.4, 0.5) is 5.69 Å². The molecule has 0 spiro atoms. The van der Waals surface area contributed by atoms with Crippen LogP contribution >= 0.6 is 0 Å². The smallest absolute Gasteiger partial charge is 0.354 e. The number of allylic oxidation sites excluding steroid dienone is 2. The molecular formula is C18H21N3O3. The third-order valence-electron chi connectivity index (χ3n) is 4.32. The molecule has 0 fully saturated rings. The Morgan fingerprint density at radius 3 is 2.71 bits per heavy atom. The van der Waals surface area contributed by atoms with E-state index < -0.39 is 17.9 Å². The Labute approximate surface area is 141 Å². The van der Waals surface area contributed by atoms with Crippen molar-refractivity contribution in [1.82, 2.24) is 0 Å². The van der Waals surface area contributed by atoms with Crippen molar-refractivity contribution in [3.63, 3.8) is 0 Å². The maximum absolute atomic E-state index is 12.3. The molecule has 3 rings (SSSR count). The van der Waals surface area contributed by atoms with E-state index in [1.54, 1.807) is 0 Å². The first kappa shape index (κ1) is 16.2. The molecule has 1 heterocycles. The number of nitrogens with zero attached hydrogens (tertiary/aromatic N) is 2. The normalized spacial score (nSPS) is 23.0. The Hall–Kier alpha value is -2.63. The Morgan fingerprint density at radius 2 is 2.04 bits per heavy atom. The molecule has 0 saturated heterocycles. The lowest BCUT2D eigenvalue weighted by atomic mass is 9.95.